The molecule has 1 aromatic heterocycles. The highest BCUT2D eigenvalue weighted by Gasteiger charge is 2.36. The second-order valence-corrected chi connectivity index (χ2v) is 6.05. The summed E-state index contributed by atoms with van der Waals surface area (Å²) in [5.74, 6) is -0.848. The van der Waals surface area contributed by atoms with Crippen LogP contribution >= 0.6 is 0 Å². The minimum Gasteiger partial charge on any atom is -0.465 e. The van der Waals surface area contributed by atoms with Crippen molar-refractivity contribution in [2.45, 2.75) is 0 Å². The van der Waals surface area contributed by atoms with Gasteiger partial charge in [-0.15, -0.1) is 0 Å². The highest BCUT2D eigenvalue weighted by atomic mass is 16.5. The lowest BCUT2D eigenvalue weighted by Crippen LogP contribution is -2.29. The molecule has 1 aliphatic heterocycles. The van der Waals surface area contributed by atoms with Crippen LogP contribution in [0.2, 0.25) is 0 Å². The van der Waals surface area contributed by atoms with Crippen molar-refractivity contribution in [1.29, 1.82) is 0 Å². The number of aromatic nitrogens is 1. The van der Waals surface area contributed by atoms with E-state index >= 15 is 0 Å². The summed E-state index contributed by atoms with van der Waals surface area (Å²) in [7, 11) is 1.30. The topological polar surface area (TPSA) is 88.6 Å². The number of ether oxygens (including phenoxy) is 1. The van der Waals surface area contributed by atoms with Crippen molar-refractivity contribution in [2.24, 2.45) is 0 Å². The third-order valence-electron chi connectivity index (χ3n) is 4.40. The lowest BCUT2D eigenvalue weighted by Gasteiger charge is -2.15. The number of rotatable bonds is 4. The van der Waals surface area contributed by atoms with Gasteiger partial charge in [-0.3, -0.25) is 9.59 Å². The number of hydrogen-bond donors (Lipinski definition) is 1. The first-order chi connectivity index (χ1) is 13.6. The zero-order valence-corrected chi connectivity index (χ0v) is 14.9. The number of nitrogens with zero attached hydrogens (tertiary/aromatic N) is 2. The minimum absolute atomic E-state index is 0.300. The fourth-order valence-electron chi connectivity index (χ4n) is 3.03. The number of nitrogens with one attached hydrogen (secondary N) is 1. The smallest absolute Gasteiger partial charge is 0.341 e. The summed E-state index contributed by atoms with van der Waals surface area (Å²) in [6.07, 6.45) is 1.56. The molecule has 3 aromatic rings. The van der Waals surface area contributed by atoms with Crippen LogP contribution in [0.3, 0.4) is 0 Å². The number of benzene rings is 2. The number of hydrogen-bond acceptors (Lipinski definition) is 6. The number of esters is 1. The summed E-state index contributed by atoms with van der Waals surface area (Å²) in [5.41, 5.74) is 2.20. The molecule has 0 fully saturated rings. The molecule has 2 heterocycles. The van der Waals surface area contributed by atoms with E-state index in [1.54, 1.807) is 66.9 Å². The van der Waals surface area contributed by atoms with Crippen LogP contribution in [0.1, 0.15) is 31.1 Å². The van der Waals surface area contributed by atoms with E-state index in [4.69, 9.17) is 4.74 Å². The number of fused-ring (bicyclic) bond motifs is 1. The van der Waals surface area contributed by atoms with E-state index in [1.165, 1.54) is 7.11 Å². The number of carbonyl (C=O) groups excluding carboxylic acids is 3. The zero-order valence-electron chi connectivity index (χ0n) is 14.9. The number of methoxy groups -OCH3 is 1. The van der Waals surface area contributed by atoms with Gasteiger partial charge >= 0.3 is 5.97 Å². The van der Waals surface area contributed by atoms with Gasteiger partial charge < -0.3 is 10.1 Å². The molecule has 0 aliphatic carbocycles. The maximum atomic E-state index is 12.6. The van der Waals surface area contributed by atoms with Crippen LogP contribution in [0.5, 0.6) is 0 Å². The first-order valence-corrected chi connectivity index (χ1v) is 8.48. The average molecular weight is 373 g/mol. The van der Waals surface area contributed by atoms with E-state index < -0.39 is 5.97 Å². The Morgan fingerprint density at radius 2 is 1.57 bits per heavy atom. The molecule has 0 unspecified atom stereocenters. The van der Waals surface area contributed by atoms with Gasteiger partial charge in [-0.1, -0.05) is 12.1 Å². The molecule has 28 heavy (non-hydrogen) atoms. The summed E-state index contributed by atoms with van der Waals surface area (Å²) < 4.78 is 4.76. The third kappa shape index (κ3) is 2.88. The predicted molar refractivity (Wildman–Crippen MR) is 103 cm³/mol. The van der Waals surface area contributed by atoms with E-state index in [1.807, 2.05) is 0 Å². The minimum atomic E-state index is -0.502. The number of carbonyl (C=O) groups is 3. The quantitative estimate of drug-likeness (QED) is 0.557. The molecule has 0 saturated heterocycles. The van der Waals surface area contributed by atoms with Crippen LogP contribution in [-0.4, -0.2) is 29.9 Å². The summed E-state index contributed by atoms with van der Waals surface area (Å²) in [4.78, 5) is 42.3. The molecule has 0 bridgehead atoms. The normalized spacial score (nSPS) is 12.7. The number of imide groups is 1. The van der Waals surface area contributed by atoms with Crippen molar-refractivity contribution in [2.75, 3.05) is 17.3 Å². The standard InChI is InChI=1S/C21H15N3O4/c1-28-21(27)17-7-4-12-22-18(17)23-13-8-10-14(11-9-13)24-19(25)15-5-2-3-6-16(15)20(24)26/h2-12H,1H3,(H,22,23). The Balaban J connectivity index is 1.59. The van der Waals surface area contributed by atoms with Gasteiger partial charge in [0.25, 0.3) is 11.8 Å². The first kappa shape index (κ1) is 17.4. The van der Waals surface area contributed by atoms with Crippen molar-refractivity contribution in [3.05, 3.63) is 83.6 Å². The summed E-state index contributed by atoms with van der Waals surface area (Å²) in [6, 6.07) is 16.7. The Bertz CT molecular complexity index is 1060. The highest BCUT2D eigenvalue weighted by molar-refractivity contribution is 6.34. The molecule has 4 rings (SSSR count). The van der Waals surface area contributed by atoms with Crippen molar-refractivity contribution >= 4 is 35.0 Å². The molecule has 7 heteroatoms. The van der Waals surface area contributed by atoms with E-state index in [0.29, 0.717) is 33.9 Å². The predicted octanol–water partition coefficient (Wildman–Crippen LogP) is 3.41. The second-order valence-electron chi connectivity index (χ2n) is 6.05. The van der Waals surface area contributed by atoms with Crippen LogP contribution in [-0.2, 0) is 4.74 Å². The van der Waals surface area contributed by atoms with Gasteiger partial charge in [-0.25, -0.2) is 14.7 Å². The monoisotopic (exact) mass is 373 g/mol. The molecule has 2 amide bonds. The maximum Gasteiger partial charge on any atom is 0.341 e. The van der Waals surface area contributed by atoms with Gasteiger partial charge in [0.05, 0.1) is 23.9 Å². The van der Waals surface area contributed by atoms with Gasteiger partial charge in [0.15, 0.2) is 0 Å². The number of anilines is 3. The zero-order chi connectivity index (χ0) is 19.7. The van der Waals surface area contributed by atoms with Crippen LogP contribution in [0.15, 0.2) is 66.9 Å². The Morgan fingerprint density at radius 1 is 0.929 bits per heavy atom. The Hall–Kier alpha value is -4.00. The molecular formula is C21H15N3O4. The fourth-order valence-corrected chi connectivity index (χ4v) is 3.03. The molecule has 0 atom stereocenters. The van der Waals surface area contributed by atoms with E-state index in [-0.39, 0.29) is 11.8 Å². The SMILES string of the molecule is COC(=O)c1cccnc1Nc1ccc(N2C(=O)c3ccccc3C2=O)cc1. The molecule has 0 saturated carbocycles. The Kier molecular flexibility index (Phi) is 4.33. The van der Waals surface area contributed by atoms with Gasteiger partial charge in [0.2, 0.25) is 0 Å². The summed E-state index contributed by atoms with van der Waals surface area (Å²) >= 11 is 0. The van der Waals surface area contributed by atoms with Crippen molar-refractivity contribution in [1.82, 2.24) is 4.98 Å². The fraction of sp³-hybridized carbons (Fsp3) is 0.0476. The molecular weight excluding hydrogens is 358 g/mol. The Morgan fingerprint density at radius 3 is 2.18 bits per heavy atom. The lowest BCUT2D eigenvalue weighted by molar-refractivity contribution is 0.0601. The van der Waals surface area contributed by atoms with Gasteiger partial charge in [-0.2, -0.15) is 0 Å². The van der Waals surface area contributed by atoms with Crippen molar-refractivity contribution in [3.8, 4) is 0 Å². The molecule has 2 aromatic carbocycles. The highest BCUT2D eigenvalue weighted by Crippen LogP contribution is 2.29. The van der Waals surface area contributed by atoms with E-state index in [0.717, 1.165) is 4.90 Å². The van der Waals surface area contributed by atoms with Crippen molar-refractivity contribution < 1.29 is 19.1 Å². The Labute approximate surface area is 160 Å². The molecule has 138 valence electrons. The van der Waals surface area contributed by atoms with E-state index in [2.05, 4.69) is 10.3 Å². The van der Waals surface area contributed by atoms with Crippen LogP contribution in [0.4, 0.5) is 17.2 Å². The second kappa shape index (κ2) is 6.96. The first-order valence-electron chi connectivity index (χ1n) is 8.48. The third-order valence-corrected chi connectivity index (χ3v) is 4.40. The largest absolute Gasteiger partial charge is 0.465 e. The van der Waals surface area contributed by atoms with Crippen molar-refractivity contribution in [3.63, 3.8) is 0 Å². The van der Waals surface area contributed by atoms with Gasteiger partial charge in [0, 0.05) is 11.9 Å². The van der Waals surface area contributed by atoms with Crippen LogP contribution < -0.4 is 10.2 Å². The summed E-state index contributed by atoms with van der Waals surface area (Å²) in [6.45, 7) is 0. The van der Waals surface area contributed by atoms with E-state index in [9.17, 15) is 14.4 Å². The number of pyridine rings is 1. The molecule has 7 nitrogen and oxygen atoms in total. The molecule has 0 spiro atoms. The summed E-state index contributed by atoms with van der Waals surface area (Å²) in [5, 5.41) is 3.04. The van der Waals surface area contributed by atoms with Crippen LogP contribution in [0, 0.1) is 0 Å². The van der Waals surface area contributed by atoms with Crippen LogP contribution in [0.25, 0.3) is 0 Å². The maximum absolute atomic E-state index is 12.6. The average Bonchev–Trinajstić information content (AvgIpc) is 2.99. The lowest BCUT2D eigenvalue weighted by atomic mass is 10.1. The number of amides is 2. The molecule has 1 N–H and O–H groups in total. The molecule has 1 aliphatic rings. The van der Waals surface area contributed by atoms with Gasteiger partial charge in [-0.05, 0) is 48.5 Å². The van der Waals surface area contributed by atoms with Gasteiger partial charge in [0.1, 0.15) is 11.4 Å². The molecule has 0 radical (unpaired) electrons.